The molecule has 0 fully saturated rings. The van der Waals surface area contributed by atoms with E-state index in [0.29, 0.717) is 17.9 Å². The van der Waals surface area contributed by atoms with Gasteiger partial charge in [0.1, 0.15) is 17.5 Å². The molecule has 0 unspecified atom stereocenters. The molecule has 1 N–H and O–H groups in total. The topological polar surface area (TPSA) is 67.9 Å². The van der Waals surface area contributed by atoms with Crippen molar-refractivity contribution < 1.29 is 19.1 Å². The number of hydrogen-bond acceptors (Lipinski definition) is 4. The van der Waals surface area contributed by atoms with Crippen molar-refractivity contribution in [3.8, 4) is 11.5 Å². The zero-order chi connectivity index (χ0) is 26.1. The molecule has 0 aliphatic carbocycles. The molecule has 0 heterocycles. The Labute approximate surface area is 214 Å². The Morgan fingerprint density at radius 2 is 1.64 bits per heavy atom. The minimum absolute atomic E-state index is 0.0593. The molecule has 0 aliphatic heterocycles. The Kier molecular flexibility index (Phi) is 9.51. The van der Waals surface area contributed by atoms with Crippen molar-refractivity contribution in [1.29, 1.82) is 0 Å². The van der Waals surface area contributed by atoms with Gasteiger partial charge in [0.25, 0.3) is 5.91 Å². The van der Waals surface area contributed by atoms with Gasteiger partial charge in [0.2, 0.25) is 5.91 Å². The maximum absolute atomic E-state index is 13.7. The van der Waals surface area contributed by atoms with E-state index < -0.39 is 6.04 Å². The number of hydrogen-bond donors (Lipinski definition) is 1. The largest absolute Gasteiger partial charge is 0.497 e. The smallest absolute Gasteiger partial charge is 0.261 e. The van der Waals surface area contributed by atoms with Gasteiger partial charge >= 0.3 is 0 Å². The van der Waals surface area contributed by atoms with Crippen molar-refractivity contribution >= 4 is 11.8 Å². The minimum Gasteiger partial charge on any atom is -0.497 e. The average molecular weight is 489 g/mol. The lowest BCUT2D eigenvalue weighted by Crippen LogP contribution is -2.52. The van der Waals surface area contributed by atoms with Crippen molar-refractivity contribution in [3.05, 3.63) is 95.1 Å². The first-order chi connectivity index (χ1) is 17.3. The van der Waals surface area contributed by atoms with Gasteiger partial charge in [-0.2, -0.15) is 0 Å². The summed E-state index contributed by atoms with van der Waals surface area (Å²) in [5.41, 5.74) is 3.92. The van der Waals surface area contributed by atoms with E-state index in [1.54, 1.807) is 12.0 Å². The van der Waals surface area contributed by atoms with Crippen LogP contribution in [-0.2, 0) is 22.6 Å². The molecular formula is C30H36N2O4. The summed E-state index contributed by atoms with van der Waals surface area (Å²) in [6.07, 6.45) is 0.388. The van der Waals surface area contributed by atoms with Gasteiger partial charge in [0.05, 0.1) is 7.11 Å². The third-order valence-corrected chi connectivity index (χ3v) is 5.87. The van der Waals surface area contributed by atoms with E-state index in [4.69, 9.17) is 9.47 Å². The summed E-state index contributed by atoms with van der Waals surface area (Å²) < 4.78 is 11.3. The van der Waals surface area contributed by atoms with Crippen LogP contribution in [0.4, 0.5) is 0 Å². The number of amides is 2. The van der Waals surface area contributed by atoms with Gasteiger partial charge in [0, 0.05) is 19.0 Å². The first-order valence-electron chi connectivity index (χ1n) is 12.2. The molecule has 6 nitrogen and oxygen atoms in total. The molecule has 6 heteroatoms. The van der Waals surface area contributed by atoms with E-state index in [2.05, 4.69) is 5.32 Å². The highest BCUT2D eigenvalue weighted by molar-refractivity contribution is 5.88. The van der Waals surface area contributed by atoms with Gasteiger partial charge in [0.15, 0.2) is 6.61 Å². The third kappa shape index (κ3) is 7.60. The van der Waals surface area contributed by atoms with Gasteiger partial charge in [-0.15, -0.1) is 0 Å². The lowest BCUT2D eigenvalue weighted by Gasteiger charge is -2.32. The highest BCUT2D eigenvalue weighted by atomic mass is 16.5. The van der Waals surface area contributed by atoms with Gasteiger partial charge in [-0.1, -0.05) is 60.2 Å². The number of methoxy groups -OCH3 is 1. The van der Waals surface area contributed by atoms with Gasteiger partial charge in [-0.3, -0.25) is 9.59 Å². The second kappa shape index (κ2) is 12.8. The first-order valence-corrected chi connectivity index (χ1v) is 12.2. The average Bonchev–Trinajstić information content (AvgIpc) is 2.85. The predicted octanol–water partition coefficient (Wildman–Crippen LogP) is 4.86. The molecule has 0 saturated heterocycles. The quantitative estimate of drug-likeness (QED) is 0.419. The Morgan fingerprint density at radius 3 is 2.31 bits per heavy atom. The summed E-state index contributed by atoms with van der Waals surface area (Å²) in [6.45, 7) is 7.86. The summed E-state index contributed by atoms with van der Waals surface area (Å²) in [6, 6.07) is 22.3. The lowest BCUT2D eigenvalue weighted by molar-refractivity contribution is -0.143. The van der Waals surface area contributed by atoms with Gasteiger partial charge < -0.3 is 19.7 Å². The number of benzene rings is 3. The molecule has 3 aromatic rings. The maximum atomic E-state index is 13.7. The van der Waals surface area contributed by atoms with Crippen LogP contribution in [0.3, 0.4) is 0 Å². The number of aryl methyl sites for hydroxylation is 2. The van der Waals surface area contributed by atoms with Crippen LogP contribution in [0.15, 0.2) is 72.8 Å². The molecule has 3 aromatic carbocycles. The number of carbonyl (C=O) groups is 2. The summed E-state index contributed by atoms with van der Waals surface area (Å²) in [5, 5.41) is 3.00. The number of nitrogens with zero attached hydrogens (tertiary/aromatic N) is 1. The summed E-state index contributed by atoms with van der Waals surface area (Å²) in [5.74, 6) is 0.883. The number of rotatable bonds is 11. The van der Waals surface area contributed by atoms with Crippen molar-refractivity contribution in [2.24, 2.45) is 0 Å². The standard InChI is InChI=1S/C30H36N2O4/c1-21(2)31-30(34)27(18-24-10-7-6-8-11-24)32(19-25-12-9-13-26(17-25)35-5)29(33)20-36-28-15-14-22(3)16-23(28)4/h6-17,21,27H,18-20H2,1-5H3,(H,31,34)/t27-/m0/s1. The molecule has 0 saturated carbocycles. The third-order valence-electron chi connectivity index (χ3n) is 5.87. The zero-order valence-electron chi connectivity index (χ0n) is 21.8. The van der Waals surface area contributed by atoms with E-state index in [0.717, 1.165) is 22.3 Å². The van der Waals surface area contributed by atoms with Crippen molar-refractivity contribution in [2.45, 2.75) is 52.7 Å². The van der Waals surface area contributed by atoms with E-state index in [9.17, 15) is 9.59 Å². The lowest BCUT2D eigenvalue weighted by atomic mass is 10.0. The second-order valence-corrected chi connectivity index (χ2v) is 9.30. The zero-order valence-corrected chi connectivity index (χ0v) is 21.8. The second-order valence-electron chi connectivity index (χ2n) is 9.30. The normalized spacial score (nSPS) is 11.6. The molecule has 3 rings (SSSR count). The molecule has 36 heavy (non-hydrogen) atoms. The molecular weight excluding hydrogens is 452 g/mol. The van der Waals surface area contributed by atoms with E-state index in [-0.39, 0.29) is 31.0 Å². The Balaban J connectivity index is 1.93. The summed E-state index contributed by atoms with van der Waals surface area (Å²) >= 11 is 0. The fraction of sp³-hybridized carbons (Fsp3) is 0.333. The number of nitrogens with one attached hydrogen (secondary N) is 1. The van der Waals surface area contributed by atoms with E-state index in [1.807, 2.05) is 100 Å². The Bertz CT molecular complexity index is 1160. The fourth-order valence-corrected chi connectivity index (χ4v) is 4.09. The molecule has 1 atom stereocenters. The molecule has 0 aliphatic rings. The van der Waals surface area contributed by atoms with Gasteiger partial charge in [-0.05, 0) is 62.6 Å². The van der Waals surface area contributed by atoms with Crippen molar-refractivity contribution in [1.82, 2.24) is 10.2 Å². The van der Waals surface area contributed by atoms with Crippen LogP contribution in [-0.4, -0.2) is 42.5 Å². The van der Waals surface area contributed by atoms with Crippen LogP contribution >= 0.6 is 0 Å². The Hall–Kier alpha value is -3.80. The van der Waals surface area contributed by atoms with Crippen LogP contribution < -0.4 is 14.8 Å². The molecule has 0 radical (unpaired) electrons. The maximum Gasteiger partial charge on any atom is 0.261 e. The molecule has 0 spiro atoms. The molecule has 0 bridgehead atoms. The predicted molar refractivity (Wildman–Crippen MR) is 142 cm³/mol. The van der Waals surface area contributed by atoms with Crippen LogP contribution in [0, 0.1) is 13.8 Å². The van der Waals surface area contributed by atoms with E-state index in [1.165, 1.54) is 0 Å². The van der Waals surface area contributed by atoms with Crippen molar-refractivity contribution in [2.75, 3.05) is 13.7 Å². The first kappa shape index (κ1) is 26.8. The highest BCUT2D eigenvalue weighted by Crippen LogP contribution is 2.21. The monoisotopic (exact) mass is 488 g/mol. The SMILES string of the molecule is COc1cccc(CN(C(=O)COc2ccc(C)cc2C)[C@@H](Cc2ccccc2)C(=O)NC(C)C)c1. The molecule has 190 valence electrons. The van der Waals surface area contributed by atoms with Crippen LogP contribution in [0.2, 0.25) is 0 Å². The Morgan fingerprint density at radius 1 is 0.917 bits per heavy atom. The van der Waals surface area contributed by atoms with Gasteiger partial charge in [-0.25, -0.2) is 0 Å². The molecule has 0 aromatic heterocycles. The highest BCUT2D eigenvalue weighted by Gasteiger charge is 2.31. The van der Waals surface area contributed by atoms with Crippen molar-refractivity contribution in [3.63, 3.8) is 0 Å². The van der Waals surface area contributed by atoms with Crippen LogP contribution in [0.1, 0.15) is 36.1 Å². The molecule has 2 amide bonds. The minimum atomic E-state index is -0.712. The summed E-state index contributed by atoms with van der Waals surface area (Å²) in [4.78, 5) is 28.7. The van der Waals surface area contributed by atoms with E-state index >= 15 is 0 Å². The van der Waals surface area contributed by atoms with Crippen LogP contribution in [0.25, 0.3) is 0 Å². The number of ether oxygens (including phenoxy) is 2. The fourth-order valence-electron chi connectivity index (χ4n) is 4.09. The number of carbonyl (C=O) groups excluding carboxylic acids is 2. The van der Waals surface area contributed by atoms with Crippen LogP contribution in [0.5, 0.6) is 11.5 Å². The summed E-state index contributed by atoms with van der Waals surface area (Å²) in [7, 11) is 1.61.